The van der Waals surface area contributed by atoms with Crippen molar-refractivity contribution in [2.45, 2.75) is 120 Å². The fraction of sp³-hybridized carbons (Fsp3) is 0.615. The van der Waals surface area contributed by atoms with Crippen LogP contribution in [0.5, 0.6) is 11.6 Å². The number of carbonyl (C=O) groups is 4. The van der Waals surface area contributed by atoms with Crippen molar-refractivity contribution in [3.05, 3.63) is 42.6 Å². The Kier molecular flexibility index (Phi) is 11.0. The summed E-state index contributed by atoms with van der Waals surface area (Å²) in [6, 6.07) is 3.53. The molecule has 4 amide bonds. The molecule has 18 heteroatoms. The van der Waals surface area contributed by atoms with Gasteiger partial charge in [0, 0.05) is 23.9 Å². The lowest BCUT2D eigenvalue weighted by Gasteiger charge is -2.45. The second-order valence-electron chi connectivity index (χ2n) is 16.8. The summed E-state index contributed by atoms with van der Waals surface area (Å²) in [5.41, 5.74) is -4.74. The number of carboxylic acid groups (broad SMARTS) is 1. The number of pyridine rings is 1. The number of sulfonamides is 1. The molecule has 57 heavy (non-hydrogen) atoms. The average Bonchev–Trinajstić information content (AvgIpc) is 4.01. The molecule has 1 aromatic carbocycles. The summed E-state index contributed by atoms with van der Waals surface area (Å²) in [4.78, 5) is 61.8. The van der Waals surface area contributed by atoms with Crippen molar-refractivity contribution < 1.29 is 55.3 Å². The van der Waals surface area contributed by atoms with Gasteiger partial charge in [-0.05, 0) is 101 Å². The first-order valence-corrected chi connectivity index (χ1v) is 20.6. The van der Waals surface area contributed by atoms with Gasteiger partial charge >= 0.3 is 12.3 Å². The summed E-state index contributed by atoms with van der Waals surface area (Å²) in [6.07, 6.45) is -1.30. The van der Waals surface area contributed by atoms with E-state index in [1.165, 1.54) is 27.2 Å². The number of alkyl halides is 3. The van der Waals surface area contributed by atoms with Crippen molar-refractivity contribution in [2.75, 3.05) is 13.7 Å². The molecule has 0 spiro atoms. The van der Waals surface area contributed by atoms with Crippen molar-refractivity contribution in [1.29, 1.82) is 0 Å². The zero-order valence-corrected chi connectivity index (χ0v) is 33.6. The van der Waals surface area contributed by atoms with Gasteiger partial charge in [0.05, 0.1) is 18.4 Å². The van der Waals surface area contributed by atoms with E-state index in [9.17, 15) is 45.9 Å². The van der Waals surface area contributed by atoms with Crippen LogP contribution in [0.1, 0.15) is 79.6 Å². The van der Waals surface area contributed by atoms with Crippen molar-refractivity contribution in [2.24, 2.45) is 17.8 Å². The third kappa shape index (κ3) is 7.97. The van der Waals surface area contributed by atoms with Crippen LogP contribution in [0.15, 0.2) is 42.6 Å². The number of amides is 4. The number of methoxy groups -OCH3 is 1. The van der Waals surface area contributed by atoms with Gasteiger partial charge in [0.2, 0.25) is 27.7 Å². The molecule has 1 saturated heterocycles. The highest BCUT2D eigenvalue weighted by atomic mass is 32.2. The zero-order valence-electron chi connectivity index (χ0n) is 32.8. The third-order valence-electron chi connectivity index (χ3n) is 12.2. The second kappa shape index (κ2) is 15.0. The first-order chi connectivity index (χ1) is 26.5. The highest BCUT2D eigenvalue weighted by molar-refractivity contribution is 7.91. The van der Waals surface area contributed by atoms with Crippen LogP contribution >= 0.6 is 0 Å². The molecule has 6 rings (SSSR count). The maximum atomic E-state index is 15.0. The van der Waals surface area contributed by atoms with Crippen LogP contribution in [0.3, 0.4) is 0 Å². The third-order valence-corrected chi connectivity index (χ3v) is 14.4. The van der Waals surface area contributed by atoms with E-state index < -0.39 is 85.9 Å². The Hall–Kier alpha value is -4.61. The van der Waals surface area contributed by atoms with E-state index in [0.717, 1.165) is 4.90 Å². The van der Waals surface area contributed by atoms with E-state index in [4.69, 9.17) is 9.47 Å². The number of hydrogen-bond donors (Lipinski definition) is 3. The molecule has 2 aliphatic carbocycles. The van der Waals surface area contributed by atoms with E-state index in [-0.39, 0.29) is 42.5 Å². The molecule has 3 fully saturated rings. The molecule has 2 unspecified atom stereocenters. The minimum Gasteiger partial charge on any atom is -0.497 e. The number of rotatable bonds is 8. The van der Waals surface area contributed by atoms with Crippen LogP contribution in [0.4, 0.5) is 18.0 Å². The topological polar surface area (TPSA) is 185 Å². The van der Waals surface area contributed by atoms with Crippen LogP contribution in [-0.2, 0) is 24.4 Å². The number of nitrogens with one attached hydrogen (secondary N) is 2. The summed E-state index contributed by atoms with van der Waals surface area (Å²) < 4.78 is 83.1. The summed E-state index contributed by atoms with van der Waals surface area (Å²) in [5.74, 6) is -3.88. The van der Waals surface area contributed by atoms with Gasteiger partial charge < -0.3 is 24.8 Å². The Balaban J connectivity index is 1.42. The van der Waals surface area contributed by atoms with Gasteiger partial charge in [0.1, 0.15) is 35.0 Å². The van der Waals surface area contributed by atoms with Crippen molar-refractivity contribution in [3.8, 4) is 11.6 Å². The molecular formula is C39H50F3N5O9S. The number of benzene rings is 1. The highest BCUT2D eigenvalue weighted by Gasteiger charge is 2.64. The second-order valence-corrected chi connectivity index (χ2v) is 19.0. The van der Waals surface area contributed by atoms with E-state index in [1.54, 1.807) is 36.4 Å². The normalized spacial score (nSPS) is 29.8. The van der Waals surface area contributed by atoms with Crippen LogP contribution in [-0.4, -0.2) is 106 Å². The molecule has 0 radical (unpaired) electrons. The minimum atomic E-state index is -5.09. The van der Waals surface area contributed by atoms with Gasteiger partial charge in [-0.3, -0.25) is 24.0 Å². The molecule has 4 aliphatic rings. The first kappa shape index (κ1) is 42.0. The minimum absolute atomic E-state index is 0.0546. The number of hydrogen-bond acceptors (Lipinski definition) is 9. The van der Waals surface area contributed by atoms with Crippen molar-refractivity contribution >= 4 is 44.6 Å². The SMILES string of the molecule is COc1ccc2c(O[C@@H]3C[C@H]4C(=O)NC5(C(=O)NS(=O)(=O)C6(C)CC6)CC5/C=C\CC[C@H](C)C[C@@H](C)[C@H](N(C(=O)O)C(C)(C)C(F)(F)F)C(=O)N4C3)nccc2c1. The van der Waals surface area contributed by atoms with Crippen LogP contribution < -0.4 is 19.5 Å². The molecular weight excluding hydrogens is 772 g/mol. The molecule has 3 N–H and O–H groups in total. The largest absolute Gasteiger partial charge is 0.497 e. The van der Waals surface area contributed by atoms with E-state index in [0.29, 0.717) is 56.1 Å². The van der Waals surface area contributed by atoms with Gasteiger partial charge in [-0.25, -0.2) is 18.2 Å². The number of carbonyl (C=O) groups excluding carboxylic acids is 3. The first-order valence-electron chi connectivity index (χ1n) is 19.1. The fourth-order valence-electron chi connectivity index (χ4n) is 8.09. The molecule has 7 atom stereocenters. The molecule has 14 nitrogen and oxygen atoms in total. The number of aromatic nitrogens is 1. The quantitative estimate of drug-likeness (QED) is 0.301. The summed E-state index contributed by atoms with van der Waals surface area (Å²) in [7, 11) is -2.60. The van der Waals surface area contributed by atoms with Gasteiger partial charge in [0.25, 0.3) is 5.91 Å². The smallest absolute Gasteiger partial charge is 0.411 e. The highest BCUT2D eigenvalue weighted by Crippen LogP contribution is 2.48. The fourth-order valence-corrected chi connectivity index (χ4v) is 9.40. The van der Waals surface area contributed by atoms with Crippen LogP contribution in [0.2, 0.25) is 0 Å². The van der Waals surface area contributed by atoms with E-state index in [2.05, 4.69) is 15.0 Å². The predicted molar refractivity (Wildman–Crippen MR) is 202 cm³/mol. The number of ether oxygens (including phenoxy) is 2. The van der Waals surface area contributed by atoms with Gasteiger partial charge in [-0.2, -0.15) is 13.2 Å². The Bertz CT molecular complexity index is 2070. The van der Waals surface area contributed by atoms with Crippen molar-refractivity contribution in [3.63, 3.8) is 0 Å². The molecule has 312 valence electrons. The van der Waals surface area contributed by atoms with Gasteiger partial charge in [-0.1, -0.05) is 26.0 Å². The van der Waals surface area contributed by atoms with Gasteiger partial charge in [-0.15, -0.1) is 0 Å². The molecule has 1 aromatic heterocycles. The maximum Gasteiger partial charge on any atom is 0.411 e. The molecule has 2 saturated carbocycles. The Morgan fingerprint density at radius 3 is 2.46 bits per heavy atom. The Morgan fingerprint density at radius 2 is 1.82 bits per heavy atom. The molecule has 0 bridgehead atoms. The number of halogens is 3. The van der Waals surface area contributed by atoms with E-state index >= 15 is 0 Å². The lowest BCUT2D eigenvalue weighted by Crippen LogP contribution is -2.66. The van der Waals surface area contributed by atoms with Gasteiger partial charge in [0.15, 0.2) is 0 Å². The van der Waals surface area contributed by atoms with Crippen LogP contribution in [0.25, 0.3) is 10.8 Å². The monoisotopic (exact) mass is 821 g/mol. The maximum absolute atomic E-state index is 15.0. The lowest BCUT2D eigenvalue weighted by molar-refractivity contribution is -0.222. The van der Waals surface area contributed by atoms with Crippen LogP contribution in [0, 0.1) is 17.8 Å². The zero-order chi connectivity index (χ0) is 41.9. The number of fused-ring (bicyclic) bond motifs is 3. The number of nitrogens with zero attached hydrogens (tertiary/aromatic N) is 3. The Labute approximate surface area is 329 Å². The van der Waals surface area contributed by atoms with E-state index in [1.807, 2.05) is 6.92 Å². The molecule has 2 aromatic rings. The summed E-state index contributed by atoms with van der Waals surface area (Å²) >= 11 is 0. The average molecular weight is 822 g/mol. The molecule has 3 heterocycles. The summed E-state index contributed by atoms with van der Waals surface area (Å²) in [6.45, 7) is 5.93. The standard InChI is InChI=1S/C39H50F3N5O9S/c1-22-9-7-8-10-25-20-38(25,34(50)45-57(53,54)37(5)14-15-37)44-31(48)29-19-27(56-32-28-12-11-26(55-6)18-24(28)13-16-43-32)21-46(29)33(49)30(23(2)17-22)47(35(51)52)36(3,4)39(40,41)42/h8,10-13,16,18,22-23,25,27,29-30H,7,9,14-15,17,19-21H2,1-6H3,(H,44,48)(H,45,50)(H,51,52)/b10-8-/t22-,23+,25?,27+,29-,30-,38?/m0/s1. The summed E-state index contributed by atoms with van der Waals surface area (Å²) in [5, 5.41) is 14.4. The van der Waals surface area contributed by atoms with Crippen molar-refractivity contribution in [1.82, 2.24) is 24.8 Å². The lowest BCUT2D eigenvalue weighted by atomic mass is 9.85. The molecule has 2 aliphatic heterocycles. The Morgan fingerprint density at radius 1 is 1.12 bits per heavy atom. The number of allylic oxidation sites excluding steroid dienone is 1. The predicted octanol–water partition coefficient (Wildman–Crippen LogP) is 5.17.